The first-order chi connectivity index (χ1) is 12.3. The zero-order valence-electron chi connectivity index (χ0n) is 15.5. The van der Waals surface area contributed by atoms with Crippen molar-refractivity contribution >= 4 is 23.4 Å². The van der Waals surface area contributed by atoms with Crippen LogP contribution in [-0.2, 0) is 27.2 Å². The molecule has 0 spiro atoms. The Kier molecular flexibility index (Phi) is 6.74. The summed E-state index contributed by atoms with van der Waals surface area (Å²) >= 11 is 1.43. The van der Waals surface area contributed by atoms with Crippen molar-refractivity contribution in [2.45, 2.75) is 45.4 Å². The van der Waals surface area contributed by atoms with Crippen molar-refractivity contribution in [3.05, 3.63) is 52.5 Å². The quantitative estimate of drug-likeness (QED) is 0.720. The zero-order chi connectivity index (χ0) is 19.2. The highest BCUT2D eigenvalue weighted by molar-refractivity contribution is 7.07. The number of nitrogens with zero attached hydrogens (tertiary/aromatic N) is 2. The first-order valence-corrected chi connectivity index (χ1v) is 9.23. The monoisotopic (exact) mass is 376 g/mol. The highest BCUT2D eigenvalue weighted by Crippen LogP contribution is 2.19. The Balaban J connectivity index is 2.32. The molecule has 0 aliphatic rings. The molecule has 26 heavy (non-hydrogen) atoms. The van der Waals surface area contributed by atoms with Gasteiger partial charge in [-0.25, -0.2) is 14.6 Å². The van der Waals surface area contributed by atoms with E-state index in [1.165, 1.54) is 23.3 Å². The smallest absolute Gasteiger partial charge is 0.411 e. The normalized spacial score (nSPS) is 12.3. The van der Waals surface area contributed by atoms with Crippen LogP contribution >= 0.6 is 11.3 Å². The molecule has 0 N–H and O–H groups in total. The van der Waals surface area contributed by atoms with Gasteiger partial charge in [0, 0.05) is 11.8 Å². The van der Waals surface area contributed by atoms with Crippen molar-refractivity contribution in [3.8, 4) is 0 Å². The van der Waals surface area contributed by atoms with Gasteiger partial charge in [-0.3, -0.25) is 4.90 Å². The van der Waals surface area contributed by atoms with Crippen LogP contribution in [0.4, 0.5) is 4.79 Å². The van der Waals surface area contributed by atoms with Crippen LogP contribution in [0.5, 0.6) is 0 Å². The number of benzene rings is 1. The SMILES string of the molecule is COC(=O)C(Cc1ccccc1)N(Cc1cscn1)C(=O)OC(C)(C)C. The number of rotatable bonds is 6. The molecule has 7 heteroatoms. The van der Waals surface area contributed by atoms with E-state index >= 15 is 0 Å². The van der Waals surface area contributed by atoms with Crippen molar-refractivity contribution in [2.75, 3.05) is 7.11 Å². The van der Waals surface area contributed by atoms with E-state index in [4.69, 9.17) is 9.47 Å². The van der Waals surface area contributed by atoms with Crippen molar-refractivity contribution in [1.29, 1.82) is 0 Å². The number of thiazole rings is 1. The van der Waals surface area contributed by atoms with E-state index in [1.807, 2.05) is 35.7 Å². The molecule has 0 saturated heterocycles. The molecule has 0 aliphatic carbocycles. The summed E-state index contributed by atoms with van der Waals surface area (Å²) in [5, 5.41) is 1.84. The molecule has 0 aliphatic heterocycles. The molecule has 1 unspecified atom stereocenters. The van der Waals surface area contributed by atoms with Crippen molar-refractivity contribution < 1.29 is 19.1 Å². The lowest BCUT2D eigenvalue weighted by Crippen LogP contribution is -2.48. The fourth-order valence-corrected chi connectivity index (χ4v) is 2.96. The van der Waals surface area contributed by atoms with Crippen molar-refractivity contribution in [1.82, 2.24) is 9.88 Å². The van der Waals surface area contributed by atoms with E-state index < -0.39 is 23.7 Å². The molecule has 1 aromatic carbocycles. The molecule has 2 aromatic rings. The van der Waals surface area contributed by atoms with Gasteiger partial charge < -0.3 is 9.47 Å². The van der Waals surface area contributed by atoms with E-state index in [1.54, 1.807) is 26.3 Å². The summed E-state index contributed by atoms with van der Waals surface area (Å²) in [6.45, 7) is 5.54. The first-order valence-electron chi connectivity index (χ1n) is 8.28. The summed E-state index contributed by atoms with van der Waals surface area (Å²) in [5.41, 5.74) is 2.63. The lowest BCUT2D eigenvalue weighted by molar-refractivity contribution is -0.147. The molecule has 6 nitrogen and oxygen atoms in total. The Labute approximate surface area is 157 Å². The molecule has 2 rings (SSSR count). The van der Waals surface area contributed by atoms with E-state index in [0.717, 1.165) is 5.56 Å². The highest BCUT2D eigenvalue weighted by atomic mass is 32.1. The molecule has 0 radical (unpaired) electrons. The summed E-state index contributed by atoms with van der Waals surface area (Å²) in [6, 6.07) is 8.69. The van der Waals surface area contributed by atoms with Crippen LogP contribution in [0, 0.1) is 0 Å². The number of hydrogen-bond acceptors (Lipinski definition) is 6. The molecule has 0 saturated carbocycles. The number of carbonyl (C=O) groups excluding carboxylic acids is 2. The Hall–Kier alpha value is -2.41. The summed E-state index contributed by atoms with van der Waals surface area (Å²) < 4.78 is 10.5. The molecular formula is C19H24N2O4S. The number of amides is 1. The minimum absolute atomic E-state index is 0.172. The maximum Gasteiger partial charge on any atom is 0.411 e. The summed E-state index contributed by atoms with van der Waals surface area (Å²) in [7, 11) is 1.32. The van der Waals surface area contributed by atoms with Gasteiger partial charge in [-0.05, 0) is 26.3 Å². The highest BCUT2D eigenvalue weighted by Gasteiger charge is 2.34. The predicted molar refractivity (Wildman–Crippen MR) is 99.8 cm³/mol. The lowest BCUT2D eigenvalue weighted by atomic mass is 10.0. The maximum absolute atomic E-state index is 12.8. The number of aromatic nitrogens is 1. The van der Waals surface area contributed by atoms with Gasteiger partial charge >= 0.3 is 12.1 Å². The average molecular weight is 376 g/mol. The summed E-state index contributed by atoms with van der Waals surface area (Å²) in [6.07, 6.45) is -0.242. The average Bonchev–Trinajstić information content (AvgIpc) is 3.10. The Morgan fingerprint density at radius 2 is 1.92 bits per heavy atom. The Morgan fingerprint density at radius 1 is 1.23 bits per heavy atom. The van der Waals surface area contributed by atoms with Crippen molar-refractivity contribution in [3.63, 3.8) is 0 Å². The van der Waals surface area contributed by atoms with E-state index in [-0.39, 0.29) is 6.54 Å². The lowest BCUT2D eigenvalue weighted by Gasteiger charge is -2.31. The topological polar surface area (TPSA) is 68.7 Å². The minimum Gasteiger partial charge on any atom is -0.467 e. The number of hydrogen-bond donors (Lipinski definition) is 0. The third-order valence-corrected chi connectivity index (χ3v) is 4.20. The van der Waals surface area contributed by atoms with Crippen LogP contribution in [0.2, 0.25) is 0 Å². The zero-order valence-corrected chi connectivity index (χ0v) is 16.3. The van der Waals surface area contributed by atoms with Gasteiger partial charge in [0.15, 0.2) is 0 Å². The molecular weight excluding hydrogens is 352 g/mol. The van der Waals surface area contributed by atoms with Crippen LogP contribution < -0.4 is 0 Å². The van der Waals surface area contributed by atoms with Gasteiger partial charge in [-0.15, -0.1) is 11.3 Å². The van der Waals surface area contributed by atoms with E-state index in [2.05, 4.69) is 4.98 Å². The van der Waals surface area contributed by atoms with Gasteiger partial charge in [-0.2, -0.15) is 0 Å². The standard InChI is InChI=1S/C19H24N2O4S/c1-19(2,3)25-18(23)21(11-15-12-26-13-20-15)16(17(22)24-4)10-14-8-6-5-7-9-14/h5-9,12-13,16H,10-11H2,1-4H3. The second-order valence-electron chi connectivity index (χ2n) is 6.82. The molecule has 140 valence electrons. The van der Waals surface area contributed by atoms with Crippen LogP contribution in [0.1, 0.15) is 32.0 Å². The van der Waals surface area contributed by atoms with Crippen LogP contribution in [0.3, 0.4) is 0 Å². The van der Waals surface area contributed by atoms with Gasteiger partial charge in [0.05, 0.1) is 24.9 Å². The van der Waals surface area contributed by atoms with Crippen molar-refractivity contribution in [2.24, 2.45) is 0 Å². The number of methoxy groups -OCH3 is 1. The first kappa shape index (κ1) is 19.9. The number of carbonyl (C=O) groups is 2. The van der Waals surface area contributed by atoms with Crippen LogP contribution in [0.25, 0.3) is 0 Å². The van der Waals surface area contributed by atoms with E-state index in [0.29, 0.717) is 12.1 Å². The van der Waals surface area contributed by atoms with Gasteiger partial charge in [0.2, 0.25) is 0 Å². The molecule has 1 amide bonds. The fraction of sp³-hybridized carbons (Fsp3) is 0.421. The Morgan fingerprint density at radius 3 is 2.46 bits per heavy atom. The van der Waals surface area contributed by atoms with Crippen LogP contribution in [-0.4, -0.2) is 40.7 Å². The fourth-order valence-electron chi connectivity index (χ4n) is 2.41. The Bertz CT molecular complexity index is 711. The summed E-state index contributed by atoms with van der Waals surface area (Å²) in [4.78, 5) is 30.9. The second kappa shape index (κ2) is 8.80. The van der Waals surface area contributed by atoms with Gasteiger partial charge in [0.25, 0.3) is 0 Å². The molecule has 1 heterocycles. The second-order valence-corrected chi connectivity index (χ2v) is 7.54. The summed E-state index contributed by atoms with van der Waals surface area (Å²) in [5.74, 6) is -0.491. The van der Waals surface area contributed by atoms with E-state index in [9.17, 15) is 9.59 Å². The molecule has 1 aromatic heterocycles. The number of esters is 1. The van der Waals surface area contributed by atoms with Crippen LogP contribution in [0.15, 0.2) is 41.2 Å². The molecule has 0 fully saturated rings. The third kappa shape index (κ3) is 5.84. The maximum atomic E-state index is 12.8. The van der Waals surface area contributed by atoms with Gasteiger partial charge in [-0.1, -0.05) is 30.3 Å². The minimum atomic E-state index is -0.807. The third-order valence-electron chi connectivity index (χ3n) is 3.57. The molecule has 0 bridgehead atoms. The number of ether oxygens (including phenoxy) is 2. The largest absolute Gasteiger partial charge is 0.467 e. The van der Waals surface area contributed by atoms with Gasteiger partial charge in [0.1, 0.15) is 11.6 Å². The molecule has 1 atom stereocenters. The predicted octanol–water partition coefficient (Wildman–Crippen LogP) is 3.66.